The number of ether oxygens (including phenoxy) is 2. The third-order valence-electron chi connectivity index (χ3n) is 4.68. The first-order chi connectivity index (χ1) is 13.2. The Kier molecular flexibility index (Phi) is 6.68. The average Bonchev–Trinajstić information content (AvgIpc) is 3.18. The molecule has 1 amide bonds. The Bertz CT molecular complexity index is 753. The van der Waals surface area contributed by atoms with E-state index >= 15 is 0 Å². The maximum absolute atomic E-state index is 12.2. The number of hydrogen-bond donors (Lipinski definition) is 0. The van der Waals surface area contributed by atoms with E-state index in [1.54, 1.807) is 7.11 Å². The Labute approximate surface area is 159 Å². The third-order valence-corrected chi connectivity index (χ3v) is 4.68. The monoisotopic (exact) mass is 373 g/mol. The van der Waals surface area contributed by atoms with Crippen LogP contribution in [0.3, 0.4) is 0 Å². The second-order valence-corrected chi connectivity index (χ2v) is 6.61. The third kappa shape index (κ3) is 4.99. The van der Waals surface area contributed by atoms with Crippen molar-refractivity contribution in [2.45, 2.75) is 45.4 Å². The summed E-state index contributed by atoms with van der Waals surface area (Å²) in [5.41, 5.74) is 0.801. The molecule has 0 bridgehead atoms. The van der Waals surface area contributed by atoms with E-state index in [0.29, 0.717) is 49.1 Å². The lowest BCUT2D eigenvalue weighted by atomic mass is 10.1. The summed E-state index contributed by atoms with van der Waals surface area (Å²) in [6.07, 6.45) is 5.29. The van der Waals surface area contributed by atoms with Crippen LogP contribution < -0.4 is 9.47 Å². The summed E-state index contributed by atoms with van der Waals surface area (Å²) in [4.78, 5) is 18.6. The van der Waals surface area contributed by atoms with E-state index in [1.807, 2.05) is 30.0 Å². The molecule has 0 unspecified atom stereocenters. The molecule has 7 heteroatoms. The minimum atomic E-state index is 0.227. The van der Waals surface area contributed by atoms with Crippen LogP contribution in [0.5, 0.6) is 11.5 Å². The van der Waals surface area contributed by atoms with Crippen LogP contribution in [0.4, 0.5) is 0 Å². The first-order valence-electron chi connectivity index (χ1n) is 9.63. The standard InChI is InChI=1S/C20H27N3O4/c1-3-26-16-11-10-15(14-17(16)25-2)20-21-18(27-22-20)8-7-9-19(24)23-12-5-4-6-13-23/h10-11,14H,3-9,12-13H2,1-2H3. The lowest BCUT2D eigenvalue weighted by molar-refractivity contribution is -0.132. The number of hydrogen-bond acceptors (Lipinski definition) is 6. The van der Waals surface area contributed by atoms with Crippen LogP contribution in [0, 0.1) is 0 Å². The fraction of sp³-hybridized carbons (Fsp3) is 0.550. The number of amides is 1. The number of piperidine rings is 1. The summed E-state index contributed by atoms with van der Waals surface area (Å²) in [6, 6.07) is 5.55. The molecule has 0 N–H and O–H groups in total. The lowest BCUT2D eigenvalue weighted by Gasteiger charge is -2.26. The number of carbonyl (C=O) groups excluding carboxylic acids is 1. The SMILES string of the molecule is CCOc1ccc(-c2noc(CCCC(=O)N3CCCCC3)n2)cc1OC. The molecule has 0 aliphatic carbocycles. The zero-order valence-corrected chi connectivity index (χ0v) is 16.1. The summed E-state index contributed by atoms with van der Waals surface area (Å²) >= 11 is 0. The molecule has 1 aliphatic heterocycles. The number of nitrogens with zero attached hydrogens (tertiary/aromatic N) is 3. The average molecular weight is 373 g/mol. The van der Waals surface area contributed by atoms with Crippen LogP contribution >= 0.6 is 0 Å². The Hall–Kier alpha value is -2.57. The van der Waals surface area contributed by atoms with E-state index in [1.165, 1.54) is 6.42 Å². The van der Waals surface area contributed by atoms with E-state index in [0.717, 1.165) is 31.5 Å². The van der Waals surface area contributed by atoms with Gasteiger partial charge in [-0.15, -0.1) is 0 Å². The van der Waals surface area contributed by atoms with Gasteiger partial charge in [-0.05, 0) is 50.8 Å². The fourth-order valence-electron chi connectivity index (χ4n) is 3.25. The molecule has 146 valence electrons. The first kappa shape index (κ1) is 19.2. The summed E-state index contributed by atoms with van der Waals surface area (Å²) in [6.45, 7) is 4.28. The molecule has 0 atom stereocenters. The summed E-state index contributed by atoms with van der Waals surface area (Å²) in [5, 5.41) is 4.05. The van der Waals surface area contributed by atoms with Crippen molar-refractivity contribution in [3.05, 3.63) is 24.1 Å². The molecule has 1 aromatic heterocycles. The van der Waals surface area contributed by atoms with Crippen LogP contribution in [0.1, 0.15) is 44.9 Å². The van der Waals surface area contributed by atoms with E-state index < -0.39 is 0 Å². The largest absolute Gasteiger partial charge is 0.493 e. The quantitative estimate of drug-likeness (QED) is 0.705. The van der Waals surface area contributed by atoms with Gasteiger partial charge in [-0.2, -0.15) is 4.98 Å². The highest BCUT2D eigenvalue weighted by Crippen LogP contribution is 2.31. The minimum absolute atomic E-state index is 0.227. The maximum atomic E-state index is 12.2. The number of rotatable bonds is 8. The van der Waals surface area contributed by atoms with Crippen LogP contribution in [-0.2, 0) is 11.2 Å². The van der Waals surface area contributed by atoms with Gasteiger partial charge in [0.2, 0.25) is 17.6 Å². The van der Waals surface area contributed by atoms with E-state index in [2.05, 4.69) is 10.1 Å². The normalized spacial score (nSPS) is 14.2. The van der Waals surface area contributed by atoms with Crippen molar-refractivity contribution in [1.82, 2.24) is 15.0 Å². The molecule has 1 aromatic carbocycles. The smallest absolute Gasteiger partial charge is 0.226 e. The summed E-state index contributed by atoms with van der Waals surface area (Å²) in [5.74, 6) is 2.60. The zero-order chi connectivity index (χ0) is 19.1. The number of benzene rings is 1. The van der Waals surface area contributed by atoms with Gasteiger partial charge in [0.25, 0.3) is 0 Å². The van der Waals surface area contributed by atoms with Gasteiger partial charge >= 0.3 is 0 Å². The van der Waals surface area contributed by atoms with Crippen LogP contribution in [-0.4, -0.2) is 47.8 Å². The summed E-state index contributed by atoms with van der Waals surface area (Å²) in [7, 11) is 1.60. The Morgan fingerprint density at radius 3 is 2.78 bits per heavy atom. The first-order valence-corrected chi connectivity index (χ1v) is 9.63. The molecule has 7 nitrogen and oxygen atoms in total. The number of aryl methyl sites for hydroxylation is 1. The van der Waals surface area contributed by atoms with Crippen molar-refractivity contribution in [3.8, 4) is 22.9 Å². The second kappa shape index (κ2) is 9.39. The molecule has 1 fully saturated rings. The Morgan fingerprint density at radius 2 is 2.04 bits per heavy atom. The van der Waals surface area contributed by atoms with Crippen LogP contribution in [0.15, 0.2) is 22.7 Å². The van der Waals surface area contributed by atoms with E-state index in [-0.39, 0.29) is 5.91 Å². The number of methoxy groups -OCH3 is 1. The molecular formula is C20H27N3O4. The number of carbonyl (C=O) groups is 1. The highest BCUT2D eigenvalue weighted by Gasteiger charge is 2.17. The molecule has 2 heterocycles. The van der Waals surface area contributed by atoms with Gasteiger partial charge in [-0.1, -0.05) is 5.16 Å². The van der Waals surface area contributed by atoms with Gasteiger partial charge in [-0.3, -0.25) is 4.79 Å². The maximum Gasteiger partial charge on any atom is 0.226 e. The van der Waals surface area contributed by atoms with Gasteiger partial charge in [0.1, 0.15) is 0 Å². The van der Waals surface area contributed by atoms with E-state index in [9.17, 15) is 4.79 Å². The van der Waals surface area contributed by atoms with Crippen LogP contribution in [0.25, 0.3) is 11.4 Å². The molecule has 2 aromatic rings. The molecular weight excluding hydrogens is 346 g/mol. The van der Waals surface area contributed by atoms with Gasteiger partial charge in [0.05, 0.1) is 13.7 Å². The van der Waals surface area contributed by atoms with Gasteiger partial charge < -0.3 is 18.9 Å². The Balaban J connectivity index is 1.56. The van der Waals surface area contributed by atoms with Crippen molar-refractivity contribution in [1.29, 1.82) is 0 Å². The van der Waals surface area contributed by atoms with Gasteiger partial charge in [0.15, 0.2) is 11.5 Å². The van der Waals surface area contributed by atoms with Gasteiger partial charge in [0, 0.05) is 31.5 Å². The molecule has 1 saturated heterocycles. The number of likely N-dealkylation sites (tertiary alicyclic amines) is 1. The van der Waals surface area contributed by atoms with Crippen molar-refractivity contribution in [2.75, 3.05) is 26.8 Å². The van der Waals surface area contributed by atoms with Crippen molar-refractivity contribution in [2.24, 2.45) is 0 Å². The second-order valence-electron chi connectivity index (χ2n) is 6.61. The molecule has 1 aliphatic rings. The number of aromatic nitrogens is 2. The molecule has 27 heavy (non-hydrogen) atoms. The fourth-order valence-corrected chi connectivity index (χ4v) is 3.25. The van der Waals surface area contributed by atoms with Gasteiger partial charge in [-0.25, -0.2) is 0 Å². The van der Waals surface area contributed by atoms with Crippen LogP contribution in [0.2, 0.25) is 0 Å². The highest BCUT2D eigenvalue weighted by molar-refractivity contribution is 5.76. The molecule has 3 rings (SSSR count). The Morgan fingerprint density at radius 1 is 1.22 bits per heavy atom. The van der Waals surface area contributed by atoms with Crippen molar-refractivity contribution in [3.63, 3.8) is 0 Å². The summed E-state index contributed by atoms with van der Waals surface area (Å²) < 4.78 is 16.2. The molecule has 0 saturated carbocycles. The van der Waals surface area contributed by atoms with E-state index in [4.69, 9.17) is 14.0 Å². The molecule has 0 radical (unpaired) electrons. The highest BCUT2D eigenvalue weighted by atomic mass is 16.5. The topological polar surface area (TPSA) is 77.7 Å². The molecule has 0 spiro atoms. The lowest BCUT2D eigenvalue weighted by Crippen LogP contribution is -2.35. The predicted molar refractivity (Wildman–Crippen MR) is 101 cm³/mol. The predicted octanol–water partition coefficient (Wildman–Crippen LogP) is 3.48. The van der Waals surface area contributed by atoms with Crippen molar-refractivity contribution < 1.29 is 18.8 Å². The zero-order valence-electron chi connectivity index (χ0n) is 16.1. The van der Waals surface area contributed by atoms with Crippen molar-refractivity contribution >= 4 is 5.91 Å². The minimum Gasteiger partial charge on any atom is -0.493 e.